The lowest BCUT2D eigenvalue weighted by molar-refractivity contribution is -0.119. The molecule has 0 aliphatic heterocycles. The Labute approximate surface area is 158 Å². The molecule has 4 rings (SSSR count). The summed E-state index contributed by atoms with van der Waals surface area (Å²) in [6.45, 7) is 5.80. The summed E-state index contributed by atoms with van der Waals surface area (Å²) in [5, 5.41) is 12.8. The van der Waals surface area contributed by atoms with Gasteiger partial charge in [0.2, 0.25) is 17.6 Å². The zero-order valence-corrected chi connectivity index (χ0v) is 16.0. The second-order valence-corrected chi connectivity index (χ2v) is 7.66. The van der Waals surface area contributed by atoms with E-state index in [-0.39, 0.29) is 23.9 Å². The first-order chi connectivity index (χ1) is 13.0. The van der Waals surface area contributed by atoms with Crippen molar-refractivity contribution in [3.8, 4) is 11.4 Å². The molecule has 0 unspecified atom stereocenters. The van der Waals surface area contributed by atoms with Gasteiger partial charge in [-0.05, 0) is 45.6 Å². The zero-order valence-electron chi connectivity index (χ0n) is 16.0. The predicted octanol–water partition coefficient (Wildman–Crippen LogP) is 3.83. The molecule has 2 heterocycles. The summed E-state index contributed by atoms with van der Waals surface area (Å²) in [4.78, 5) is 15.9. The highest BCUT2D eigenvalue weighted by Gasteiger charge is 2.27. The lowest BCUT2D eigenvalue weighted by Crippen LogP contribution is -2.35. The van der Waals surface area contributed by atoms with Crippen molar-refractivity contribution in [3.05, 3.63) is 30.3 Å². The number of amides is 1. The Morgan fingerprint density at radius 1 is 1.26 bits per heavy atom. The Morgan fingerprint density at radius 2 is 2.04 bits per heavy atom. The third kappa shape index (κ3) is 3.59. The van der Waals surface area contributed by atoms with Crippen LogP contribution in [0.25, 0.3) is 22.3 Å². The lowest BCUT2D eigenvalue weighted by Gasteiger charge is -2.26. The van der Waals surface area contributed by atoms with E-state index in [2.05, 4.69) is 40.5 Å². The minimum atomic E-state index is 0.0366. The molecule has 1 fully saturated rings. The Morgan fingerprint density at radius 3 is 2.74 bits per heavy atom. The molecule has 2 aromatic heterocycles. The van der Waals surface area contributed by atoms with Crippen LogP contribution in [-0.2, 0) is 4.79 Å². The first-order valence-corrected chi connectivity index (χ1v) is 9.59. The van der Waals surface area contributed by atoms with E-state index in [0.717, 1.165) is 42.1 Å². The van der Waals surface area contributed by atoms with E-state index >= 15 is 0 Å². The lowest BCUT2D eigenvalue weighted by atomic mass is 9.86. The number of nitrogens with zero attached hydrogens (tertiary/aromatic N) is 4. The smallest absolute Gasteiger partial charge is 0.230 e. The van der Waals surface area contributed by atoms with Crippen LogP contribution in [0, 0.1) is 0 Å². The van der Waals surface area contributed by atoms with Crippen molar-refractivity contribution < 1.29 is 9.32 Å². The summed E-state index contributed by atoms with van der Waals surface area (Å²) in [5.74, 6) is 1.62. The molecule has 0 spiro atoms. The Hall–Kier alpha value is -2.70. The van der Waals surface area contributed by atoms with Crippen molar-refractivity contribution in [1.29, 1.82) is 0 Å². The fourth-order valence-corrected chi connectivity index (χ4v) is 3.88. The van der Waals surface area contributed by atoms with Crippen molar-refractivity contribution >= 4 is 16.8 Å². The average molecular weight is 367 g/mol. The molecule has 1 aliphatic carbocycles. The van der Waals surface area contributed by atoms with E-state index in [0.29, 0.717) is 11.7 Å². The van der Waals surface area contributed by atoms with Crippen LogP contribution in [0.2, 0.25) is 0 Å². The highest BCUT2D eigenvalue weighted by atomic mass is 16.5. The molecule has 0 saturated heterocycles. The number of aromatic nitrogens is 4. The van der Waals surface area contributed by atoms with Gasteiger partial charge in [-0.15, -0.1) is 0 Å². The predicted molar refractivity (Wildman–Crippen MR) is 102 cm³/mol. The first kappa shape index (κ1) is 17.7. The van der Waals surface area contributed by atoms with Crippen molar-refractivity contribution in [2.75, 3.05) is 0 Å². The SMILES string of the molecule is CC(=O)NC1CCC(c2nc(-c3ccc4cnn(C(C)C)c4c3)no2)CC1. The van der Waals surface area contributed by atoms with Gasteiger partial charge in [0, 0.05) is 35.9 Å². The molecule has 7 nitrogen and oxygen atoms in total. The molecule has 3 aromatic rings. The van der Waals surface area contributed by atoms with Gasteiger partial charge in [0.15, 0.2) is 0 Å². The van der Waals surface area contributed by atoms with Gasteiger partial charge in [-0.2, -0.15) is 10.1 Å². The molecule has 0 radical (unpaired) electrons. The normalized spacial score (nSPS) is 20.3. The number of hydrogen-bond donors (Lipinski definition) is 1. The van der Waals surface area contributed by atoms with Crippen molar-refractivity contribution in [2.24, 2.45) is 0 Å². The van der Waals surface area contributed by atoms with Gasteiger partial charge < -0.3 is 9.84 Å². The average Bonchev–Trinajstić information content (AvgIpc) is 3.28. The van der Waals surface area contributed by atoms with Crippen molar-refractivity contribution in [3.63, 3.8) is 0 Å². The third-order valence-corrected chi connectivity index (χ3v) is 5.27. The molecule has 1 aromatic carbocycles. The number of carbonyl (C=O) groups is 1. The molecular formula is C20H25N5O2. The molecule has 7 heteroatoms. The number of benzene rings is 1. The fourth-order valence-electron chi connectivity index (χ4n) is 3.88. The molecule has 0 bridgehead atoms. The third-order valence-electron chi connectivity index (χ3n) is 5.27. The van der Waals surface area contributed by atoms with Crippen LogP contribution in [0.1, 0.15) is 64.3 Å². The van der Waals surface area contributed by atoms with Gasteiger partial charge in [-0.25, -0.2) is 0 Å². The second-order valence-electron chi connectivity index (χ2n) is 7.66. The highest BCUT2D eigenvalue weighted by Crippen LogP contribution is 2.33. The van der Waals surface area contributed by atoms with Gasteiger partial charge >= 0.3 is 0 Å². The van der Waals surface area contributed by atoms with Crippen LogP contribution >= 0.6 is 0 Å². The van der Waals surface area contributed by atoms with Crippen LogP contribution in [0.5, 0.6) is 0 Å². The molecule has 27 heavy (non-hydrogen) atoms. The molecule has 1 amide bonds. The Bertz CT molecular complexity index is 950. The molecule has 142 valence electrons. The molecule has 1 aliphatic rings. The van der Waals surface area contributed by atoms with Gasteiger partial charge in [-0.3, -0.25) is 9.48 Å². The molecular weight excluding hydrogens is 342 g/mol. The number of carbonyl (C=O) groups excluding carboxylic acids is 1. The molecule has 0 atom stereocenters. The monoisotopic (exact) mass is 367 g/mol. The summed E-state index contributed by atoms with van der Waals surface area (Å²) < 4.78 is 7.58. The Kier molecular flexibility index (Phi) is 4.68. The van der Waals surface area contributed by atoms with Crippen LogP contribution in [0.15, 0.2) is 28.9 Å². The summed E-state index contributed by atoms with van der Waals surface area (Å²) in [5.41, 5.74) is 2.01. The van der Waals surface area contributed by atoms with Crippen LogP contribution in [-0.4, -0.2) is 31.9 Å². The number of fused-ring (bicyclic) bond motifs is 1. The van der Waals surface area contributed by atoms with Gasteiger partial charge in [0.25, 0.3) is 0 Å². The zero-order chi connectivity index (χ0) is 19.0. The maximum Gasteiger partial charge on any atom is 0.230 e. The van der Waals surface area contributed by atoms with Crippen molar-refractivity contribution in [2.45, 2.75) is 64.5 Å². The van der Waals surface area contributed by atoms with E-state index in [4.69, 9.17) is 4.52 Å². The van der Waals surface area contributed by atoms with Crippen LogP contribution < -0.4 is 5.32 Å². The van der Waals surface area contributed by atoms with Crippen LogP contribution in [0.3, 0.4) is 0 Å². The van der Waals surface area contributed by atoms with E-state index in [1.54, 1.807) is 6.92 Å². The summed E-state index contributed by atoms with van der Waals surface area (Å²) in [6.07, 6.45) is 5.68. The van der Waals surface area contributed by atoms with Gasteiger partial charge in [0.1, 0.15) is 0 Å². The molecule has 1 saturated carbocycles. The van der Waals surface area contributed by atoms with E-state index in [9.17, 15) is 4.79 Å². The van der Waals surface area contributed by atoms with E-state index in [1.165, 1.54) is 0 Å². The van der Waals surface area contributed by atoms with Gasteiger partial charge in [0.05, 0.1) is 11.7 Å². The minimum absolute atomic E-state index is 0.0366. The highest BCUT2D eigenvalue weighted by molar-refractivity contribution is 5.83. The Balaban J connectivity index is 1.52. The van der Waals surface area contributed by atoms with Crippen molar-refractivity contribution in [1.82, 2.24) is 25.2 Å². The van der Waals surface area contributed by atoms with E-state index in [1.807, 2.05) is 23.0 Å². The summed E-state index contributed by atoms with van der Waals surface area (Å²) in [6, 6.07) is 6.68. The largest absolute Gasteiger partial charge is 0.354 e. The topological polar surface area (TPSA) is 85.8 Å². The van der Waals surface area contributed by atoms with Crippen LogP contribution in [0.4, 0.5) is 0 Å². The number of rotatable bonds is 4. The van der Waals surface area contributed by atoms with Gasteiger partial charge in [-0.1, -0.05) is 17.3 Å². The summed E-state index contributed by atoms with van der Waals surface area (Å²) in [7, 11) is 0. The summed E-state index contributed by atoms with van der Waals surface area (Å²) >= 11 is 0. The maximum atomic E-state index is 11.2. The fraction of sp³-hybridized carbons (Fsp3) is 0.500. The standard InChI is InChI=1S/C20H25N5O2/c1-12(2)25-18-10-15(4-5-16(18)11-21-25)19-23-20(27-24-19)14-6-8-17(9-7-14)22-13(3)26/h4-5,10-12,14,17H,6-9H2,1-3H3,(H,22,26). The van der Waals surface area contributed by atoms with E-state index < -0.39 is 0 Å². The quantitative estimate of drug-likeness (QED) is 0.757. The minimum Gasteiger partial charge on any atom is -0.354 e. The number of hydrogen-bond acceptors (Lipinski definition) is 5. The molecule has 1 N–H and O–H groups in total. The maximum absolute atomic E-state index is 11.2. The second kappa shape index (κ2) is 7.13. The first-order valence-electron chi connectivity index (χ1n) is 9.59. The number of nitrogens with one attached hydrogen (secondary N) is 1.